The Morgan fingerprint density at radius 3 is 2.35 bits per heavy atom. The molecule has 1 amide bonds. The van der Waals surface area contributed by atoms with E-state index in [2.05, 4.69) is 0 Å². The van der Waals surface area contributed by atoms with E-state index in [9.17, 15) is 9.59 Å². The molecule has 5 heteroatoms. The Kier molecular flexibility index (Phi) is 3.92. The number of hydrogen-bond acceptors (Lipinski definition) is 3. The van der Waals surface area contributed by atoms with Crippen LogP contribution in [0.25, 0.3) is 0 Å². The Labute approximate surface area is 136 Å². The Bertz CT molecular complexity index is 607. The zero-order valence-corrected chi connectivity index (χ0v) is 13.6. The van der Waals surface area contributed by atoms with Crippen LogP contribution >= 0.6 is 0 Å². The summed E-state index contributed by atoms with van der Waals surface area (Å²) >= 11 is 0. The molecule has 3 rings (SSSR count). The SMILES string of the molecule is COC(C)(C(=O)N1CCC2(CC1)CC2C(=O)O)c1ccccc1. The first kappa shape index (κ1) is 16.0. The monoisotopic (exact) mass is 317 g/mol. The van der Waals surface area contributed by atoms with Crippen LogP contribution in [0.4, 0.5) is 0 Å². The predicted octanol–water partition coefficient (Wildman–Crippen LogP) is 2.26. The average Bonchev–Trinajstić information content (AvgIpc) is 3.29. The molecule has 1 aromatic carbocycles. The molecule has 1 saturated heterocycles. The van der Waals surface area contributed by atoms with Crippen molar-refractivity contribution in [3.63, 3.8) is 0 Å². The fourth-order valence-corrected chi connectivity index (χ4v) is 3.79. The van der Waals surface area contributed by atoms with Crippen molar-refractivity contribution in [2.24, 2.45) is 11.3 Å². The molecule has 1 saturated carbocycles. The molecular weight excluding hydrogens is 294 g/mol. The first-order chi connectivity index (χ1) is 10.9. The maximum absolute atomic E-state index is 13.0. The largest absolute Gasteiger partial charge is 0.481 e. The Morgan fingerprint density at radius 1 is 1.26 bits per heavy atom. The maximum atomic E-state index is 13.0. The van der Waals surface area contributed by atoms with Gasteiger partial charge in [-0.3, -0.25) is 9.59 Å². The van der Waals surface area contributed by atoms with Crippen molar-refractivity contribution >= 4 is 11.9 Å². The number of likely N-dealkylation sites (tertiary alicyclic amines) is 1. The minimum absolute atomic E-state index is 0.0476. The Balaban J connectivity index is 1.70. The molecule has 2 fully saturated rings. The van der Waals surface area contributed by atoms with E-state index < -0.39 is 11.6 Å². The quantitative estimate of drug-likeness (QED) is 0.925. The minimum atomic E-state index is -0.998. The van der Waals surface area contributed by atoms with E-state index in [0.29, 0.717) is 13.1 Å². The molecule has 1 aromatic rings. The number of ether oxygens (including phenoxy) is 1. The van der Waals surface area contributed by atoms with Gasteiger partial charge in [0.25, 0.3) is 5.91 Å². The molecular formula is C18H23NO4. The van der Waals surface area contributed by atoms with Gasteiger partial charge in [0.15, 0.2) is 5.60 Å². The van der Waals surface area contributed by atoms with Gasteiger partial charge >= 0.3 is 5.97 Å². The molecule has 1 aliphatic heterocycles. The highest BCUT2D eigenvalue weighted by Crippen LogP contribution is 2.59. The number of carbonyl (C=O) groups excluding carboxylic acids is 1. The number of amides is 1. The summed E-state index contributed by atoms with van der Waals surface area (Å²) in [4.78, 5) is 25.9. The number of benzene rings is 1. The normalized spacial score (nSPS) is 25.0. The summed E-state index contributed by atoms with van der Waals surface area (Å²) in [7, 11) is 1.55. The zero-order valence-electron chi connectivity index (χ0n) is 13.6. The fourth-order valence-electron chi connectivity index (χ4n) is 3.79. The number of carboxylic acids is 1. The van der Waals surface area contributed by atoms with Crippen LogP contribution in [0.1, 0.15) is 31.7 Å². The van der Waals surface area contributed by atoms with E-state index in [1.165, 1.54) is 0 Å². The summed E-state index contributed by atoms with van der Waals surface area (Å²) < 4.78 is 5.58. The number of aliphatic carboxylic acids is 1. The summed E-state index contributed by atoms with van der Waals surface area (Å²) in [6.07, 6.45) is 2.29. The molecule has 1 heterocycles. The fraction of sp³-hybridized carbons (Fsp3) is 0.556. The maximum Gasteiger partial charge on any atom is 0.307 e. The van der Waals surface area contributed by atoms with Gasteiger partial charge < -0.3 is 14.7 Å². The molecule has 1 N–H and O–H groups in total. The van der Waals surface area contributed by atoms with Gasteiger partial charge in [-0.1, -0.05) is 30.3 Å². The molecule has 23 heavy (non-hydrogen) atoms. The van der Waals surface area contributed by atoms with Crippen molar-refractivity contribution in [3.05, 3.63) is 35.9 Å². The third-order valence-electron chi connectivity index (χ3n) is 5.68. The van der Waals surface area contributed by atoms with Gasteiger partial charge in [0, 0.05) is 20.2 Å². The van der Waals surface area contributed by atoms with Gasteiger partial charge in [0.2, 0.25) is 0 Å². The van der Waals surface area contributed by atoms with Crippen molar-refractivity contribution in [1.82, 2.24) is 4.90 Å². The van der Waals surface area contributed by atoms with Crippen LogP contribution in [-0.4, -0.2) is 42.1 Å². The summed E-state index contributed by atoms with van der Waals surface area (Å²) in [5, 5.41) is 9.16. The standard InChI is InChI=1S/C18H23NO4/c1-17(23-2,13-6-4-3-5-7-13)16(22)19-10-8-18(9-11-19)12-14(18)15(20)21/h3-7,14H,8-12H2,1-2H3,(H,20,21). The van der Waals surface area contributed by atoms with Crippen LogP contribution in [0.3, 0.4) is 0 Å². The summed E-state index contributed by atoms with van der Waals surface area (Å²) in [5.41, 5.74) is -0.233. The molecule has 0 aromatic heterocycles. The first-order valence-corrected chi connectivity index (χ1v) is 8.06. The second-order valence-electron chi connectivity index (χ2n) is 6.85. The van der Waals surface area contributed by atoms with Crippen molar-refractivity contribution in [2.45, 2.75) is 31.8 Å². The number of hydrogen-bond donors (Lipinski definition) is 1. The number of nitrogens with zero attached hydrogens (tertiary/aromatic N) is 1. The number of methoxy groups -OCH3 is 1. The lowest BCUT2D eigenvalue weighted by Crippen LogP contribution is -2.49. The van der Waals surface area contributed by atoms with Crippen LogP contribution < -0.4 is 0 Å². The van der Waals surface area contributed by atoms with Crippen LogP contribution in [0.5, 0.6) is 0 Å². The molecule has 5 nitrogen and oxygen atoms in total. The summed E-state index contributed by atoms with van der Waals surface area (Å²) in [6, 6.07) is 9.50. The highest BCUT2D eigenvalue weighted by molar-refractivity contribution is 5.86. The minimum Gasteiger partial charge on any atom is -0.481 e. The average molecular weight is 317 g/mol. The van der Waals surface area contributed by atoms with Crippen LogP contribution in [0, 0.1) is 11.3 Å². The third-order valence-corrected chi connectivity index (χ3v) is 5.68. The molecule has 0 radical (unpaired) electrons. The second-order valence-corrected chi connectivity index (χ2v) is 6.85. The van der Waals surface area contributed by atoms with Crippen LogP contribution in [-0.2, 0) is 19.9 Å². The number of carbonyl (C=O) groups is 2. The topological polar surface area (TPSA) is 66.8 Å². The van der Waals surface area contributed by atoms with Crippen molar-refractivity contribution in [3.8, 4) is 0 Å². The molecule has 2 aliphatic rings. The Hall–Kier alpha value is -1.88. The van der Waals surface area contributed by atoms with E-state index in [1.54, 1.807) is 14.0 Å². The predicted molar refractivity (Wildman–Crippen MR) is 84.8 cm³/mol. The van der Waals surface area contributed by atoms with Crippen LogP contribution in [0.15, 0.2) is 30.3 Å². The van der Waals surface area contributed by atoms with Gasteiger partial charge in [-0.25, -0.2) is 0 Å². The van der Waals surface area contributed by atoms with Crippen molar-refractivity contribution in [2.75, 3.05) is 20.2 Å². The van der Waals surface area contributed by atoms with Crippen molar-refractivity contribution < 1.29 is 19.4 Å². The van der Waals surface area contributed by atoms with E-state index >= 15 is 0 Å². The Morgan fingerprint density at radius 2 is 1.87 bits per heavy atom. The third kappa shape index (κ3) is 2.63. The molecule has 2 unspecified atom stereocenters. The van der Waals surface area contributed by atoms with Crippen LogP contribution in [0.2, 0.25) is 0 Å². The summed E-state index contributed by atoms with van der Waals surface area (Å²) in [5.74, 6) is -0.966. The molecule has 2 atom stereocenters. The highest BCUT2D eigenvalue weighted by atomic mass is 16.5. The highest BCUT2D eigenvalue weighted by Gasteiger charge is 2.59. The molecule has 0 bridgehead atoms. The zero-order chi connectivity index (χ0) is 16.7. The first-order valence-electron chi connectivity index (χ1n) is 8.06. The molecule has 124 valence electrons. The molecule has 1 spiro atoms. The lowest BCUT2D eigenvalue weighted by atomic mass is 9.88. The number of piperidine rings is 1. The number of carboxylic acid groups (broad SMARTS) is 1. The second kappa shape index (κ2) is 5.64. The van der Waals surface area contributed by atoms with E-state index in [-0.39, 0.29) is 17.2 Å². The lowest BCUT2D eigenvalue weighted by molar-refractivity contribution is -0.156. The smallest absolute Gasteiger partial charge is 0.307 e. The van der Waals surface area contributed by atoms with E-state index in [4.69, 9.17) is 9.84 Å². The van der Waals surface area contributed by atoms with Gasteiger partial charge in [-0.05, 0) is 37.2 Å². The van der Waals surface area contributed by atoms with Gasteiger partial charge in [-0.15, -0.1) is 0 Å². The van der Waals surface area contributed by atoms with E-state index in [0.717, 1.165) is 24.8 Å². The molecule has 1 aliphatic carbocycles. The van der Waals surface area contributed by atoms with E-state index in [1.807, 2.05) is 35.2 Å². The van der Waals surface area contributed by atoms with Gasteiger partial charge in [0.05, 0.1) is 5.92 Å². The number of rotatable bonds is 4. The lowest BCUT2D eigenvalue weighted by Gasteiger charge is -2.38. The summed E-state index contributed by atoms with van der Waals surface area (Å²) in [6.45, 7) is 3.01. The van der Waals surface area contributed by atoms with Gasteiger partial charge in [-0.2, -0.15) is 0 Å². The van der Waals surface area contributed by atoms with Crippen molar-refractivity contribution in [1.29, 1.82) is 0 Å². The van der Waals surface area contributed by atoms with Gasteiger partial charge in [0.1, 0.15) is 0 Å².